The monoisotopic (exact) mass is 235 g/mol. The average molecular weight is 235 g/mol. The fourth-order valence-corrected chi connectivity index (χ4v) is 2.97. The van der Waals surface area contributed by atoms with Crippen molar-refractivity contribution < 1.29 is 4.39 Å². The van der Waals surface area contributed by atoms with Crippen molar-refractivity contribution in [1.29, 1.82) is 0 Å². The minimum Gasteiger partial charge on any atom is -0.321 e. The third kappa shape index (κ3) is 2.23. The van der Waals surface area contributed by atoms with Crippen LogP contribution in [0.2, 0.25) is 0 Å². The van der Waals surface area contributed by atoms with Crippen molar-refractivity contribution in [3.05, 3.63) is 35.1 Å². The van der Waals surface area contributed by atoms with Crippen LogP contribution >= 0.6 is 0 Å². The van der Waals surface area contributed by atoms with E-state index in [-0.39, 0.29) is 11.4 Å². The van der Waals surface area contributed by atoms with E-state index in [0.717, 1.165) is 30.7 Å². The molecule has 1 fully saturated rings. The van der Waals surface area contributed by atoms with Crippen LogP contribution in [0.25, 0.3) is 0 Å². The van der Waals surface area contributed by atoms with Crippen LogP contribution in [0.3, 0.4) is 0 Å². The van der Waals surface area contributed by atoms with Gasteiger partial charge in [-0.2, -0.15) is 0 Å². The average Bonchev–Trinajstić information content (AvgIpc) is 2.28. The number of benzene rings is 1. The van der Waals surface area contributed by atoms with Crippen LogP contribution in [0, 0.1) is 24.6 Å². The zero-order valence-corrected chi connectivity index (χ0v) is 11.0. The fourth-order valence-electron chi connectivity index (χ4n) is 2.97. The van der Waals surface area contributed by atoms with Crippen molar-refractivity contribution >= 4 is 0 Å². The van der Waals surface area contributed by atoms with Gasteiger partial charge in [0.1, 0.15) is 5.82 Å². The van der Waals surface area contributed by atoms with E-state index in [1.807, 2.05) is 12.1 Å². The summed E-state index contributed by atoms with van der Waals surface area (Å²) in [5, 5.41) is 0. The zero-order valence-electron chi connectivity index (χ0n) is 11.0. The Balaban J connectivity index is 2.34. The first-order chi connectivity index (χ1) is 7.93. The summed E-state index contributed by atoms with van der Waals surface area (Å²) in [7, 11) is 0. The number of hydrogen-bond acceptors (Lipinski definition) is 1. The summed E-state index contributed by atoms with van der Waals surface area (Å²) in [4.78, 5) is 0. The highest BCUT2D eigenvalue weighted by molar-refractivity contribution is 5.30. The molecule has 1 aliphatic carbocycles. The Morgan fingerprint density at radius 3 is 2.65 bits per heavy atom. The second-order valence-electron chi connectivity index (χ2n) is 5.78. The van der Waals surface area contributed by atoms with E-state index in [0.29, 0.717) is 11.5 Å². The van der Waals surface area contributed by atoms with Gasteiger partial charge < -0.3 is 5.73 Å². The highest BCUT2D eigenvalue weighted by atomic mass is 19.1. The maximum absolute atomic E-state index is 13.7. The molecule has 2 heteroatoms. The van der Waals surface area contributed by atoms with Crippen molar-refractivity contribution in [3.8, 4) is 0 Å². The molecule has 0 heterocycles. The topological polar surface area (TPSA) is 26.0 Å². The van der Waals surface area contributed by atoms with Crippen LogP contribution in [0.1, 0.15) is 44.2 Å². The predicted molar refractivity (Wildman–Crippen MR) is 69.2 cm³/mol. The van der Waals surface area contributed by atoms with Gasteiger partial charge in [-0.3, -0.25) is 0 Å². The van der Waals surface area contributed by atoms with E-state index in [1.165, 1.54) is 0 Å². The lowest BCUT2D eigenvalue weighted by atomic mass is 9.67. The molecule has 1 saturated carbocycles. The number of hydrogen-bond donors (Lipinski definition) is 1. The molecule has 0 bridgehead atoms. The third-order valence-electron chi connectivity index (χ3n) is 4.40. The quantitative estimate of drug-likeness (QED) is 0.788. The second-order valence-corrected chi connectivity index (χ2v) is 5.78. The van der Waals surface area contributed by atoms with Gasteiger partial charge in [0, 0.05) is 5.54 Å². The summed E-state index contributed by atoms with van der Waals surface area (Å²) >= 11 is 0. The van der Waals surface area contributed by atoms with Crippen LogP contribution < -0.4 is 5.73 Å². The van der Waals surface area contributed by atoms with Gasteiger partial charge in [-0.15, -0.1) is 0 Å². The first kappa shape index (κ1) is 12.6. The summed E-state index contributed by atoms with van der Waals surface area (Å²) in [6, 6.07) is 5.46. The Kier molecular flexibility index (Phi) is 3.26. The molecule has 1 aromatic rings. The maximum atomic E-state index is 13.7. The maximum Gasteiger partial charge on any atom is 0.126 e. The molecule has 94 valence electrons. The van der Waals surface area contributed by atoms with Gasteiger partial charge in [-0.1, -0.05) is 26.0 Å². The molecule has 2 rings (SSSR count). The molecular formula is C15H22FN. The molecule has 3 atom stereocenters. The molecule has 1 nitrogen and oxygen atoms in total. The van der Waals surface area contributed by atoms with E-state index in [9.17, 15) is 4.39 Å². The first-order valence-corrected chi connectivity index (χ1v) is 6.49. The zero-order chi connectivity index (χ0) is 12.6. The van der Waals surface area contributed by atoms with Crippen LogP contribution in [0.4, 0.5) is 4.39 Å². The normalized spacial score (nSPS) is 33.7. The molecule has 3 unspecified atom stereocenters. The molecule has 0 spiro atoms. The largest absolute Gasteiger partial charge is 0.321 e. The van der Waals surface area contributed by atoms with Gasteiger partial charge in [0.2, 0.25) is 0 Å². The summed E-state index contributed by atoms with van der Waals surface area (Å²) in [5.74, 6) is 1.00. The summed E-state index contributed by atoms with van der Waals surface area (Å²) in [5.41, 5.74) is 7.84. The molecule has 0 aromatic heterocycles. The van der Waals surface area contributed by atoms with Crippen LogP contribution in [0.15, 0.2) is 18.2 Å². The lowest BCUT2D eigenvalue weighted by Gasteiger charge is -2.42. The first-order valence-electron chi connectivity index (χ1n) is 6.49. The Hall–Kier alpha value is -0.890. The molecular weight excluding hydrogens is 213 g/mol. The molecule has 1 aliphatic rings. The predicted octanol–water partition coefficient (Wildman–Crippen LogP) is 3.74. The van der Waals surface area contributed by atoms with Crippen molar-refractivity contribution in [2.75, 3.05) is 0 Å². The van der Waals surface area contributed by atoms with E-state index < -0.39 is 0 Å². The van der Waals surface area contributed by atoms with Gasteiger partial charge in [0.25, 0.3) is 0 Å². The Morgan fingerprint density at radius 1 is 1.35 bits per heavy atom. The lowest BCUT2D eigenvalue weighted by Crippen LogP contribution is -2.46. The van der Waals surface area contributed by atoms with Crippen molar-refractivity contribution in [2.24, 2.45) is 17.6 Å². The van der Waals surface area contributed by atoms with Gasteiger partial charge in [-0.05, 0) is 55.2 Å². The van der Waals surface area contributed by atoms with E-state index in [4.69, 9.17) is 5.73 Å². The number of nitrogens with two attached hydrogens (primary N) is 1. The number of aryl methyl sites for hydroxylation is 1. The third-order valence-corrected chi connectivity index (χ3v) is 4.40. The van der Waals surface area contributed by atoms with Gasteiger partial charge in [-0.25, -0.2) is 4.39 Å². The van der Waals surface area contributed by atoms with Crippen molar-refractivity contribution in [2.45, 2.75) is 45.6 Å². The summed E-state index contributed by atoms with van der Waals surface area (Å²) in [6.07, 6.45) is 3.22. The molecule has 1 aromatic carbocycles. The minimum absolute atomic E-state index is 0.141. The lowest BCUT2D eigenvalue weighted by molar-refractivity contribution is 0.164. The molecule has 0 amide bonds. The van der Waals surface area contributed by atoms with Crippen molar-refractivity contribution in [3.63, 3.8) is 0 Å². The van der Waals surface area contributed by atoms with Crippen LogP contribution in [0.5, 0.6) is 0 Å². The molecule has 17 heavy (non-hydrogen) atoms. The van der Waals surface area contributed by atoms with Gasteiger partial charge in [0.05, 0.1) is 0 Å². The number of rotatable bonds is 1. The standard InChI is InChI=1S/C15H22FN/c1-10-6-7-15(17,12(3)8-10)13-5-4-11(2)14(16)9-13/h4-5,9-10,12H,6-8,17H2,1-3H3. The van der Waals surface area contributed by atoms with E-state index in [1.54, 1.807) is 13.0 Å². The van der Waals surface area contributed by atoms with Gasteiger partial charge >= 0.3 is 0 Å². The molecule has 0 saturated heterocycles. The smallest absolute Gasteiger partial charge is 0.126 e. The van der Waals surface area contributed by atoms with E-state index >= 15 is 0 Å². The Morgan fingerprint density at radius 2 is 2.06 bits per heavy atom. The second kappa shape index (κ2) is 4.41. The van der Waals surface area contributed by atoms with Crippen molar-refractivity contribution in [1.82, 2.24) is 0 Å². The summed E-state index contributed by atoms with van der Waals surface area (Å²) < 4.78 is 13.7. The molecule has 2 N–H and O–H groups in total. The number of halogens is 1. The molecule has 0 aliphatic heterocycles. The Bertz CT molecular complexity index is 415. The summed E-state index contributed by atoms with van der Waals surface area (Å²) in [6.45, 7) is 6.24. The molecule has 0 radical (unpaired) electrons. The highest BCUT2D eigenvalue weighted by Gasteiger charge is 2.38. The SMILES string of the molecule is Cc1ccc(C2(N)CCC(C)CC2C)cc1F. The highest BCUT2D eigenvalue weighted by Crippen LogP contribution is 2.41. The van der Waals surface area contributed by atoms with Crippen LogP contribution in [-0.4, -0.2) is 0 Å². The fraction of sp³-hybridized carbons (Fsp3) is 0.600. The van der Waals surface area contributed by atoms with E-state index in [2.05, 4.69) is 13.8 Å². The van der Waals surface area contributed by atoms with Gasteiger partial charge in [0.15, 0.2) is 0 Å². The van der Waals surface area contributed by atoms with Crippen LogP contribution in [-0.2, 0) is 5.54 Å². The Labute approximate surface area is 103 Å². The minimum atomic E-state index is -0.346.